The van der Waals surface area contributed by atoms with E-state index in [4.69, 9.17) is 13.6 Å². The van der Waals surface area contributed by atoms with Crippen LogP contribution in [0.1, 0.15) is 71.9 Å². The molecule has 0 bridgehead atoms. The monoisotopic (exact) mass is 498 g/mol. The summed E-state index contributed by atoms with van der Waals surface area (Å²) in [7, 11) is 9.66. The molecule has 8 heteroatoms. The molecular weight excluding hydrogens is 463 g/mol. The van der Waals surface area contributed by atoms with E-state index in [0.717, 1.165) is 27.8 Å². The van der Waals surface area contributed by atoms with E-state index in [0.29, 0.717) is 24.1 Å². The highest BCUT2D eigenvalue weighted by atomic mass is 16.3. The summed E-state index contributed by atoms with van der Waals surface area (Å²) >= 11 is 0. The van der Waals surface area contributed by atoms with Crippen LogP contribution in [0.2, 0.25) is 0 Å². The van der Waals surface area contributed by atoms with Gasteiger partial charge in [-0.3, -0.25) is 19.7 Å². The lowest BCUT2D eigenvalue weighted by Crippen LogP contribution is -2.45. The Morgan fingerprint density at radius 1 is 1.19 bits per heavy atom. The van der Waals surface area contributed by atoms with E-state index < -0.39 is 11.2 Å². The van der Waals surface area contributed by atoms with Gasteiger partial charge in [0.2, 0.25) is 0 Å². The van der Waals surface area contributed by atoms with Crippen molar-refractivity contribution in [2.75, 3.05) is 19.8 Å². The fraction of sp³-hybridized carbons (Fsp3) is 0.345. The second-order valence-electron chi connectivity index (χ2n) is 10.1. The standard InChI is InChI=1S/C29H35BN4O3/c1-18(2)23-14-19(22-11-12-25(28(3,4)36)26(31)24(22)15-32-5)9-10-20(23)16-34(6)29(30,37)27-21(17-35)8-7-13-33-27/h7-15,17-18,36-37H,16,31H2,1-6H3. The van der Waals surface area contributed by atoms with Gasteiger partial charge in [0.25, 0.3) is 0 Å². The first kappa shape index (κ1) is 28.2. The SMILES string of the molecule is [B]C(O)(c1ncccc1C=O)N(C)Cc1ccc(-c2ccc(C(C)(C)O)c(N)c2C=NC)cc1C(C)C. The van der Waals surface area contributed by atoms with Crippen LogP contribution in [0.4, 0.5) is 5.69 Å². The Balaban J connectivity index is 2.06. The summed E-state index contributed by atoms with van der Waals surface area (Å²) in [6.45, 7) is 7.92. The van der Waals surface area contributed by atoms with Gasteiger partial charge in [0.1, 0.15) is 13.5 Å². The Labute approximate surface area is 220 Å². The topological polar surface area (TPSA) is 112 Å². The molecule has 0 amide bonds. The second kappa shape index (κ2) is 11.0. The first-order valence-corrected chi connectivity index (χ1v) is 12.2. The van der Waals surface area contributed by atoms with E-state index in [2.05, 4.69) is 29.9 Å². The van der Waals surface area contributed by atoms with Gasteiger partial charge in [-0.25, -0.2) is 0 Å². The molecule has 0 saturated carbocycles. The fourth-order valence-corrected chi connectivity index (χ4v) is 4.51. The maximum absolute atomic E-state index is 11.5. The van der Waals surface area contributed by atoms with Crippen molar-refractivity contribution in [3.63, 3.8) is 0 Å². The molecule has 0 saturated heterocycles. The van der Waals surface area contributed by atoms with Crippen molar-refractivity contribution in [3.8, 4) is 11.1 Å². The number of benzene rings is 2. The van der Waals surface area contributed by atoms with Crippen molar-refractivity contribution in [3.05, 3.63) is 82.2 Å². The van der Waals surface area contributed by atoms with Crippen molar-refractivity contribution in [1.29, 1.82) is 0 Å². The van der Waals surface area contributed by atoms with Crippen LogP contribution in [0, 0.1) is 0 Å². The van der Waals surface area contributed by atoms with Gasteiger partial charge in [0.05, 0.1) is 11.3 Å². The maximum Gasteiger partial charge on any atom is 0.152 e. The number of aliphatic imine (C=N–C) groups is 1. The number of aromatic nitrogens is 1. The lowest BCUT2D eigenvalue weighted by molar-refractivity contribution is -0.0349. The van der Waals surface area contributed by atoms with E-state index in [1.165, 1.54) is 6.20 Å². The van der Waals surface area contributed by atoms with Crippen molar-refractivity contribution in [1.82, 2.24) is 9.88 Å². The van der Waals surface area contributed by atoms with E-state index in [1.807, 2.05) is 24.3 Å². The molecule has 2 aromatic carbocycles. The number of aldehydes is 1. The molecule has 1 aromatic heterocycles. The molecule has 3 rings (SSSR count). The number of carbonyl (C=O) groups is 1. The Morgan fingerprint density at radius 3 is 2.49 bits per heavy atom. The number of nitrogen functional groups attached to an aromatic ring is 1. The first-order chi connectivity index (χ1) is 17.3. The molecule has 0 fully saturated rings. The smallest absolute Gasteiger partial charge is 0.152 e. The van der Waals surface area contributed by atoms with Crippen LogP contribution in [-0.4, -0.2) is 54.5 Å². The Hall–Kier alpha value is -3.33. The maximum atomic E-state index is 11.5. The third-order valence-electron chi connectivity index (χ3n) is 6.59. The summed E-state index contributed by atoms with van der Waals surface area (Å²) in [5, 5.41) is 21.7. The molecule has 37 heavy (non-hydrogen) atoms. The van der Waals surface area contributed by atoms with Gasteiger partial charge in [0.15, 0.2) is 6.29 Å². The van der Waals surface area contributed by atoms with Crippen LogP contribution in [0.5, 0.6) is 0 Å². The van der Waals surface area contributed by atoms with Gasteiger partial charge in [0, 0.05) is 48.4 Å². The van der Waals surface area contributed by atoms with Crippen LogP contribution >= 0.6 is 0 Å². The van der Waals surface area contributed by atoms with Crippen LogP contribution in [-0.2, 0) is 17.8 Å². The highest BCUT2D eigenvalue weighted by Gasteiger charge is 2.32. The van der Waals surface area contributed by atoms with Gasteiger partial charge in [-0.15, -0.1) is 0 Å². The molecule has 4 N–H and O–H groups in total. The van der Waals surface area contributed by atoms with E-state index >= 15 is 0 Å². The molecule has 0 spiro atoms. The molecule has 0 aliphatic heterocycles. The molecule has 3 aromatic rings. The number of hydrogen-bond donors (Lipinski definition) is 3. The average molecular weight is 498 g/mol. The van der Waals surface area contributed by atoms with Gasteiger partial charge in [-0.05, 0) is 61.2 Å². The van der Waals surface area contributed by atoms with Crippen LogP contribution in [0.15, 0.2) is 53.7 Å². The van der Waals surface area contributed by atoms with Crippen LogP contribution in [0.25, 0.3) is 11.1 Å². The number of pyridine rings is 1. The molecule has 0 aliphatic carbocycles. The molecule has 192 valence electrons. The number of anilines is 1. The number of hydrogen-bond acceptors (Lipinski definition) is 7. The zero-order valence-corrected chi connectivity index (χ0v) is 22.4. The third kappa shape index (κ3) is 5.82. The van der Waals surface area contributed by atoms with E-state index in [1.54, 1.807) is 51.2 Å². The summed E-state index contributed by atoms with van der Waals surface area (Å²) in [5.74, 6) is 0.172. The minimum Gasteiger partial charge on any atom is -0.398 e. The van der Waals surface area contributed by atoms with Gasteiger partial charge in [-0.1, -0.05) is 44.2 Å². The predicted molar refractivity (Wildman–Crippen MR) is 150 cm³/mol. The van der Waals surface area contributed by atoms with Crippen molar-refractivity contribution < 1.29 is 15.0 Å². The Bertz CT molecular complexity index is 1310. The van der Waals surface area contributed by atoms with Crippen LogP contribution in [0.3, 0.4) is 0 Å². The fourth-order valence-electron chi connectivity index (χ4n) is 4.51. The second-order valence-corrected chi connectivity index (χ2v) is 10.1. The predicted octanol–water partition coefficient (Wildman–Crippen LogP) is 3.95. The average Bonchev–Trinajstić information content (AvgIpc) is 2.84. The lowest BCUT2D eigenvalue weighted by atomic mass is 9.82. The van der Waals surface area contributed by atoms with Gasteiger partial charge >= 0.3 is 0 Å². The number of carbonyl (C=O) groups excluding carboxylic acids is 1. The molecular formula is C29H35BN4O3. The number of aliphatic hydroxyl groups is 2. The Kier molecular flexibility index (Phi) is 8.37. The number of nitrogens with zero attached hydrogens (tertiary/aromatic N) is 3. The highest BCUT2D eigenvalue weighted by molar-refractivity contribution is 6.14. The quantitative estimate of drug-likeness (QED) is 0.135. The summed E-state index contributed by atoms with van der Waals surface area (Å²) in [6.07, 6.45) is 3.84. The molecule has 0 aliphatic rings. The molecule has 1 heterocycles. The molecule has 7 nitrogen and oxygen atoms in total. The number of nitrogens with two attached hydrogens (primary N) is 1. The zero-order valence-electron chi connectivity index (χ0n) is 22.4. The Morgan fingerprint density at radius 2 is 1.89 bits per heavy atom. The summed E-state index contributed by atoms with van der Waals surface area (Å²) < 4.78 is 0. The largest absolute Gasteiger partial charge is 0.398 e. The summed E-state index contributed by atoms with van der Waals surface area (Å²) in [5.41, 5.74) is 9.54. The van der Waals surface area contributed by atoms with E-state index in [-0.39, 0.29) is 17.2 Å². The zero-order chi connectivity index (χ0) is 27.5. The lowest BCUT2D eigenvalue weighted by Gasteiger charge is -2.35. The van der Waals surface area contributed by atoms with Crippen molar-refractivity contribution in [2.45, 2.75) is 51.4 Å². The third-order valence-corrected chi connectivity index (χ3v) is 6.59. The van der Waals surface area contributed by atoms with Crippen molar-refractivity contribution in [2.24, 2.45) is 4.99 Å². The highest BCUT2D eigenvalue weighted by Crippen LogP contribution is 2.36. The van der Waals surface area contributed by atoms with Crippen molar-refractivity contribution >= 4 is 26.0 Å². The molecule has 1 atom stereocenters. The van der Waals surface area contributed by atoms with Gasteiger partial charge < -0.3 is 15.9 Å². The number of rotatable bonds is 9. The van der Waals surface area contributed by atoms with Gasteiger partial charge in [-0.2, -0.15) is 0 Å². The van der Waals surface area contributed by atoms with Crippen LogP contribution < -0.4 is 5.73 Å². The molecule has 2 radical (unpaired) electrons. The first-order valence-electron chi connectivity index (χ1n) is 12.2. The molecule has 1 unspecified atom stereocenters. The minimum atomic E-state index is -1.95. The minimum absolute atomic E-state index is 0.0982. The van der Waals surface area contributed by atoms with E-state index in [9.17, 15) is 15.0 Å². The summed E-state index contributed by atoms with van der Waals surface area (Å²) in [4.78, 5) is 21.4. The summed E-state index contributed by atoms with van der Waals surface area (Å²) in [6, 6.07) is 13.1. The normalized spacial score (nSPS) is 13.9.